The van der Waals surface area contributed by atoms with Crippen LogP contribution in [0.2, 0.25) is 5.02 Å². The first kappa shape index (κ1) is 24.8. The van der Waals surface area contributed by atoms with E-state index >= 15 is 0 Å². The highest BCUT2D eigenvalue weighted by Crippen LogP contribution is 2.39. The van der Waals surface area contributed by atoms with Crippen molar-refractivity contribution in [1.29, 1.82) is 0 Å². The van der Waals surface area contributed by atoms with Gasteiger partial charge in [-0.15, -0.1) is 0 Å². The summed E-state index contributed by atoms with van der Waals surface area (Å²) in [7, 11) is 0. The van der Waals surface area contributed by atoms with Crippen LogP contribution in [0.25, 0.3) is 0 Å². The number of hydrogen-bond acceptors (Lipinski definition) is 3. The van der Waals surface area contributed by atoms with E-state index in [9.17, 15) is 9.59 Å². The Labute approximate surface area is 200 Å². The number of carbonyl (C=O) groups excluding carboxylic acids is 1. The number of aryl methyl sites for hydroxylation is 1. The summed E-state index contributed by atoms with van der Waals surface area (Å²) in [5.41, 5.74) is 2.54. The number of halogens is 1. The largest absolute Gasteiger partial charge is 0.478 e. The van der Waals surface area contributed by atoms with Crippen LogP contribution in [-0.4, -0.2) is 22.1 Å². The SMILES string of the molecule is CC(C)C1=CN(c2ccc(C(=O)O)cn2)C(=O)N[C@@]1(C)c1ccc(CCC(C)(C)C)c(Cl)c1. The van der Waals surface area contributed by atoms with Crippen molar-refractivity contribution in [2.75, 3.05) is 4.90 Å². The zero-order valence-electron chi connectivity index (χ0n) is 20.1. The van der Waals surface area contributed by atoms with E-state index in [0.29, 0.717) is 10.8 Å². The fraction of sp³-hybridized carbons (Fsp3) is 0.423. The van der Waals surface area contributed by atoms with Crippen LogP contribution >= 0.6 is 11.6 Å². The highest BCUT2D eigenvalue weighted by atomic mass is 35.5. The van der Waals surface area contributed by atoms with Gasteiger partial charge in [-0.05, 0) is 66.0 Å². The van der Waals surface area contributed by atoms with Gasteiger partial charge in [-0.3, -0.25) is 4.90 Å². The van der Waals surface area contributed by atoms with Gasteiger partial charge in [-0.25, -0.2) is 14.6 Å². The summed E-state index contributed by atoms with van der Waals surface area (Å²) >= 11 is 6.67. The molecule has 33 heavy (non-hydrogen) atoms. The lowest BCUT2D eigenvalue weighted by atomic mass is 9.78. The molecule has 2 amide bonds. The molecule has 2 aromatic rings. The second-order valence-electron chi connectivity index (χ2n) is 10.2. The van der Waals surface area contributed by atoms with Crippen molar-refractivity contribution >= 4 is 29.4 Å². The van der Waals surface area contributed by atoms with E-state index in [2.05, 4.69) is 51.0 Å². The summed E-state index contributed by atoms with van der Waals surface area (Å²) in [6.45, 7) is 12.8. The third-order valence-corrected chi connectivity index (χ3v) is 6.41. The average Bonchev–Trinajstić information content (AvgIpc) is 2.72. The number of anilines is 1. The Bertz CT molecular complexity index is 1090. The van der Waals surface area contributed by atoms with Crippen molar-refractivity contribution in [3.8, 4) is 0 Å². The van der Waals surface area contributed by atoms with Crippen molar-refractivity contribution in [3.63, 3.8) is 0 Å². The molecule has 0 unspecified atom stereocenters. The number of pyridine rings is 1. The van der Waals surface area contributed by atoms with Crippen LogP contribution in [0.5, 0.6) is 0 Å². The maximum absolute atomic E-state index is 13.1. The van der Waals surface area contributed by atoms with E-state index in [1.54, 1.807) is 6.20 Å². The molecular formula is C26H32ClN3O3. The van der Waals surface area contributed by atoms with E-state index in [1.165, 1.54) is 23.2 Å². The molecule has 176 valence electrons. The third kappa shape index (κ3) is 5.38. The first-order chi connectivity index (χ1) is 15.3. The van der Waals surface area contributed by atoms with Crippen LogP contribution < -0.4 is 10.2 Å². The number of nitrogens with zero attached hydrogens (tertiary/aromatic N) is 2. The first-order valence-corrected chi connectivity index (χ1v) is 11.5. The van der Waals surface area contributed by atoms with E-state index in [1.807, 2.05) is 19.1 Å². The van der Waals surface area contributed by atoms with Crippen molar-refractivity contribution < 1.29 is 14.7 Å². The standard InChI is InChI=1S/C26H32ClN3O3/c1-16(2)20-15-30(22-10-8-18(14-28-22)23(31)32)24(33)29-26(20,6)19-9-7-17(21(27)13-19)11-12-25(3,4)5/h7-10,13-16H,11-12H2,1-6H3,(H,29,33)(H,31,32)/t26-/m0/s1. The van der Waals surface area contributed by atoms with Gasteiger partial charge in [0.25, 0.3) is 0 Å². The molecular weight excluding hydrogens is 438 g/mol. The quantitative estimate of drug-likeness (QED) is 0.513. The van der Waals surface area contributed by atoms with Crippen LogP contribution in [0.1, 0.15) is 69.4 Å². The van der Waals surface area contributed by atoms with Crippen molar-refractivity contribution in [1.82, 2.24) is 10.3 Å². The Kier molecular flexibility index (Phi) is 6.89. The highest BCUT2D eigenvalue weighted by Gasteiger charge is 2.40. The summed E-state index contributed by atoms with van der Waals surface area (Å²) in [4.78, 5) is 29.8. The van der Waals surface area contributed by atoms with Crippen LogP contribution in [0.15, 0.2) is 48.3 Å². The number of benzene rings is 1. The van der Waals surface area contributed by atoms with E-state index in [-0.39, 0.29) is 22.9 Å². The maximum Gasteiger partial charge on any atom is 0.337 e. The molecule has 2 N–H and O–H groups in total. The van der Waals surface area contributed by atoms with Gasteiger partial charge in [0.1, 0.15) is 5.82 Å². The molecule has 6 nitrogen and oxygen atoms in total. The highest BCUT2D eigenvalue weighted by molar-refractivity contribution is 6.31. The van der Waals surface area contributed by atoms with Gasteiger partial charge in [-0.1, -0.05) is 58.4 Å². The van der Waals surface area contributed by atoms with Crippen molar-refractivity contribution in [3.05, 3.63) is 70.0 Å². The van der Waals surface area contributed by atoms with Crippen molar-refractivity contribution in [2.24, 2.45) is 11.3 Å². The number of carbonyl (C=O) groups is 2. The topological polar surface area (TPSA) is 82.5 Å². The number of hydrogen-bond donors (Lipinski definition) is 2. The van der Waals surface area contributed by atoms with Gasteiger partial charge in [0.15, 0.2) is 0 Å². The van der Waals surface area contributed by atoms with Crippen LogP contribution in [0, 0.1) is 11.3 Å². The zero-order chi connectivity index (χ0) is 24.6. The Morgan fingerprint density at radius 3 is 2.45 bits per heavy atom. The number of aromatic nitrogens is 1. The molecule has 0 saturated heterocycles. The minimum atomic E-state index is -1.06. The summed E-state index contributed by atoms with van der Waals surface area (Å²) < 4.78 is 0. The van der Waals surface area contributed by atoms with Crippen LogP contribution in [0.4, 0.5) is 10.6 Å². The molecule has 0 bridgehead atoms. The minimum Gasteiger partial charge on any atom is -0.478 e. The number of urea groups is 1. The summed E-state index contributed by atoms with van der Waals surface area (Å²) in [6, 6.07) is 8.66. The predicted octanol–water partition coefficient (Wildman–Crippen LogP) is 6.40. The predicted molar refractivity (Wildman–Crippen MR) is 132 cm³/mol. The van der Waals surface area contributed by atoms with E-state index in [0.717, 1.165) is 29.5 Å². The Hall–Kier alpha value is -2.86. The van der Waals surface area contributed by atoms with Gasteiger partial charge in [-0.2, -0.15) is 0 Å². The molecule has 0 radical (unpaired) electrons. The molecule has 0 aliphatic carbocycles. The lowest BCUT2D eigenvalue weighted by Gasteiger charge is -2.42. The zero-order valence-corrected chi connectivity index (χ0v) is 20.8. The first-order valence-electron chi connectivity index (χ1n) is 11.1. The molecule has 0 saturated carbocycles. The van der Waals surface area contributed by atoms with Gasteiger partial charge in [0.2, 0.25) is 0 Å². The molecule has 1 aromatic heterocycles. The molecule has 1 aliphatic rings. The molecule has 1 atom stereocenters. The lowest BCUT2D eigenvalue weighted by molar-refractivity contribution is 0.0696. The van der Waals surface area contributed by atoms with E-state index < -0.39 is 11.5 Å². The van der Waals surface area contributed by atoms with Crippen LogP contribution in [-0.2, 0) is 12.0 Å². The second kappa shape index (κ2) is 9.18. The normalized spacial score (nSPS) is 18.8. The Morgan fingerprint density at radius 2 is 1.94 bits per heavy atom. The smallest absolute Gasteiger partial charge is 0.337 e. The third-order valence-electron chi connectivity index (χ3n) is 6.06. The number of nitrogens with one attached hydrogen (secondary N) is 1. The Balaban J connectivity index is 1.97. The number of carboxylic acids is 1. The fourth-order valence-electron chi connectivity index (χ4n) is 4.03. The second-order valence-corrected chi connectivity index (χ2v) is 10.6. The summed E-state index contributed by atoms with van der Waals surface area (Å²) in [6.07, 6.45) is 4.97. The van der Waals surface area contributed by atoms with Crippen LogP contribution in [0.3, 0.4) is 0 Å². The summed E-state index contributed by atoms with van der Waals surface area (Å²) in [5, 5.41) is 12.9. The average molecular weight is 470 g/mol. The molecule has 3 rings (SSSR count). The molecule has 1 aromatic carbocycles. The molecule has 7 heteroatoms. The molecule has 1 aliphatic heterocycles. The molecule has 2 heterocycles. The van der Waals surface area contributed by atoms with Gasteiger partial charge in [0.05, 0.1) is 11.1 Å². The number of amides is 2. The van der Waals surface area contributed by atoms with Crippen molar-refractivity contribution in [2.45, 2.75) is 59.9 Å². The summed E-state index contributed by atoms with van der Waals surface area (Å²) in [5.74, 6) is -0.588. The monoisotopic (exact) mass is 469 g/mol. The van der Waals surface area contributed by atoms with Gasteiger partial charge >= 0.3 is 12.0 Å². The van der Waals surface area contributed by atoms with Gasteiger partial charge < -0.3 is 10.4 Å². The van der Waals surface area contributed by atoms with Gasteiger partial charge in [0, 0.05) is 17.4 Å². The lowest BCUT2D eigenvalue weighted by Crippen LogP contribution is -2.55. The number of rotatable bonds is 6. The number of aromatic carboxylic acids is 1. The number of carboxylic acid groups (broad SMARTS) is 1. The molecule has 0 fully saturated rings. The maximum atomic E-state index is 13.1. The minimum absolute atomic E-state index is 0.0651. The molecule has 0 spiro atoms. The van der Waals surface area contributed by atoms with E-state index in [4.69, 9.17) is 16.7 Å². The fourth-order valence-corrected chi connectivity index (χ4v) is 4.31. The Morgan fingerprint density at radius 1 is 1.24 bits per heavy atom.